The highest BCUT2D eigenvalue weighted by Gasteiger charge is 2.57. The zero-order valence-electron chi connectivity index (χ0n) is 19.5. The summed E-state index contributed by atoms with van der Waals surface area (Å²) < 4.78 is 1.84. The van der Waals surface area contributed by atoms with Gasteiger partial charge in [0.25, 0.3) is 5.56 Å². The molecule has 2 aromatic rings. The maximum absolute atomic E-state index is 13.7. The van der Waals surface area contributed by atoms with Crippen molar-refractivity contribution < 1.29 is 14.4 Å². The lowest BCUT2D eigenvalue weighted by Crippen LogP contribution is -2.67. The number of imide groups is 2. The van der Waals surface area contributed by atoms with Crippen molar-refractivity contribution in [3.8, 4) is 0 Å². The number of amides is 4. The maximum Gasteiger partial charge on any atom is 0.332 e. The van der Waals surface area contributed by atoms with Gasteiger partial charge in [0.15, 0.2) is 0 Å². The van der Waals surface area contributed by atoms with E-state index in [4.69, 9.17) is 23.2 Å². The highest BCUT2D eigenvalue weighted by Crippen LogP contribution is 2.41. The number of barbiturate groups is 1. The smallest absolute Gasteiger partial charge is 0.312 e. The second-order valence-corrected chi connectivity index (χ2v) is 10.7. The van der Waals surface area contributed by atoms with Gasteiger partial charge in [-0.05, 0) is 42.5 Å². The van der Waals surface area contributed by atoms with Crippen LogP contribution in [0.5, 0.6) is 0 Å². The molecule has 2 unspecified atom stereocenters. The number of aromatic nitrogens is 1. The van der Waals surface area contributed by atoms with E-state index in [1.165, 1.54) is 14.1 Å². The van der Waals surface area contributed by atoms with Gasteiger partial charge < -0.3 is 9.47 Å². The van der Waals surface area contributed by atoms with Gasteiger partial charge in [-0.1, -0.05) is 35.3 Å². The molecule has 8 nitrogen and oxygen atoms in total. The summed E-state index contributed by atoms with van der Waals surface area (Å²) in [6.45, 7) is 1.96. The van der Waals surface area contributed by atoms with Crippen molar-refractivity contribution in [1.82, 2.24) is 19.3 Å². The van der Waals surface area contributed by atoms with Crippen molar-refractivity contribution in [2.24, 2.45) is 11.3 Å². The molecule has 4 amide bonds. The van der Waals surface area contributed by atoms with E-state index in [-0.39, 0.29) is 30.4 Å². The van der Waals surface area contributed by atoms with Crippen molar-refractivity contribution in [3.63, 3.8) is 0 Å². The molecule has 0 radical (unpaired) electrons. The van der Waals surface area contributed by atoms with Gasteiger partial charge in [0.1, 0.15) is 5.41 Å². The summed E-state index contributed by atoms with van der Waals surface area (Å²) in [4.78, 5) is 56.5. The molecule has 0 spiro atoms. The number of likely N-dealkylation sites (tertiary alicyclic amines) is 1. The third-order valence-corrected chi connectivity index (χ3v) is 8.30. The summed E-state index contributed by atoms with van der Waals surface area (Å²) in [5.41, 5.74) is -0.0846. The zero-order chi connectivity index (χ0) is 25.1. The van der Waals surface area contributed by atoms with Crippen molar-refractivity contribution >= 4 is 41.0 Å². The number of carbonyl (C=O) groups excluding carboxylic acids is 3. The second kappa shape index (κ2) is 8.76. The quantitative estimate of drug-likeness (QED) is 0.583. The number of hydrogen-bond acceptors (Lipinski definition) is 5. The molecule has 0 saturated carbocycles. The first kappa shape index (κ1) is 24.0. The molecule has 5 rings (SSSR count). The van der Waals surface area contributed by atoms with Crippen molar-refractivity contribution in [3.05, 3.63) is 68.1 Å². The number of carbonyl (C=O) groups is 3. The molecule has 1 aromatic heterocycles. The fourth-order valence-corrected chi connectivity index (χ4v) is 6.52. The minimum atomic E-state index is -1.56. The number of hydrogen-bond donors (Lipinski definition) is 0. The number of piperidine rings is 1. The van der Waals surface area contributed by atoms with Gasteiger partial charge in [0, 0.05) is 68.0 Å². The minimum absolute atomic E-state index is 0.00474. The summed E-state index contributed by atoms with van der Waals surface area (Å²) >= 11 is 12.9. The average Bonchev–Trinajstić information content (AvgIpc) is 2.83. The lowest BCUT2D eigenvalue weighted by Gasteiger charge is -2.48. The van der Waals surface area contributed by atoms with E-state index in [1.807, 2.05) is 10.6 Å². The van der Waals surface area contributed by atoms with Crippen molar-refractivity contribution in [2.45, 2.75) is 25.3 Å². The highest BCUT2D eigenvalue weighted by atomic mass is 35.5. The van der Waals surface area contributed by atoms with Gasteiger partial charge in [-0.3, -0.25) is 24.2 Å². The number of fused-ring (bicyclic) bond motifs is 4. The van der Waals surface area contributed by atoms with Crippen LogP contribution in [-0.2, 0) is 22.6 Å². The first-order chi connectivity index (χ1) is 16.6. The average molecular weight is 517 g/mol. The van der Waals surface area contributed by atoms with Gasteiger partial charge in [-0.15, -0.1) is 0 Å². The predicted molar refractivity (Wildman–Crippen MR) is 132 cm³/mol. The Labute approximate surface area is 213 Å². The fourth-order valence-electron chi connectivity index (χ4n) is 5.98. The third-order valence-electron chi connectivity index (χ3n) is 7.59. The van der Waals surface area contributed by atoms with E-state index in [1.54, 1.807) is 30.3 Å². The van der Waals surface area contributed by atoms with Gasteiger partial charge in [-0.25, -0.2) is 4.79 Å². The molecule has 10 heteroatoms. The molecule has 2 fully saturated rings. The predicted octanol–water partition coefficient (Wildman–Crippen LogP) is 2.85. The standard InChI is InChI=1S/C25H26Cl2N4O4/c1-28-22(33)25(23(34)29(2)24(28)35,10-17-18(26)5-3-6-19(17)27)14-30-11-15-9-16(13-30)20-7-4-8-21(32)31(20)12-15/h3-8,15-16H,9-14H2,1-2H3. The molecule has 2 atom stereocenters. The van der Waals surface area contributed by atoms with Crippen LogP contribution in [0.25, 0.3) is 0 Å². The fraction of sp³-hybridized carbons (Fsp3) is 0.440. The Kier molecular flexibility index (Phi) is 6.02. The van der Waals surface area contributed by atoms with E-state index in [0.717, 1.165) is 21.9 Å². The van der Waals surface area contributed by atoms with Crippen molar-refractivity contribution in [2.75, 3.05) is 33.7 Å². The summed E-state index contributed by atoms with van der Waals surface area (Å²) in [5.74, 6) is -0.792. The van der Waals surface area contributed by atoms with Crippen LogP contribution in [0.3, 0.4) is 0 Å². The molecule has 1 aromatic carbocycles. The first-order valence-electron chi connectivity index (χ1n) is 11.6. The molecule has 3 aliphatic heterocycles. The van der Waals surface area contributed by atoms with E-state index >= 15 is 0 Å². The van der Waals surface area contributed by atoms with Crippen LogP contribution in [0.4, 0.5) is 4.79 Å². The SMILES string of the molecule is CN1C(=O)N(C)C(=O)C(Cc2c(Cl)cccc2Cl)(CN2CC3CC(C2)c2cccc(=O)n2C3)C1=O. The summed E-state index contributed by atoms with van der Waals surface area (Å²) in [6, 6.07) is 9.72. The van der Waals surface area contributed by atoms with Crippen LogP contribution >= 0.6 is 23.2 Å². The first-order valence-corrected chi connectivity index (χ1v) is 12.3. The maximum atomic E-state index is 13.7. The summed E-state index contributed by atoms with van der Waals surface area (Å²) in [5, 5.41) is 0.729. The molecule has 2 saturated heterocycles. The second-order valence-electron chi connectivity index (χ2n) is 9.86. The molecular weight excluding hydrogens is 491 g/mol. The molecular formula is C25H26Cl2N4O4. The van der Waals surface area contributed by atoms with E-state index in [2.05, 4.69) is 4.90 Å². The normalized spacial score (nSPS) is 24.1. The van der Waals surface area contributed by atoms with Gasteiger partial charge in [0.05, 0.1) is 0 Å². The molecule has 0 aliphatic carbocycles. The Morgan fingerprint density at radius 2 is 1.51 bits per heavy atom. The largest absolute Gasteiger partial charge is 0.332 e. The minimum Gasteiger partial charge on any atom is -0.312 e. The topological polar surface area (TPSA) is 82.9 Å². The Hall–Kier alpha value is -2.68. The summed E-state index contributed by atoms with van der Waals surface area (Å²) in [6.07, 6.45) is 0.927. The van der Waals surface area contributed by atoms with Crippen LogP contribution in [-0.4, -0.2) is 70.8 Å². The third kappa shape index (κ3) is 3.88. The van der Waals surface area contributed by atoms with Crippen molar-refractivity contribution in [1.29, 1.82) is 0 Å². The number of pyridine rings is 1. The summed E-state index contributed by atoms with van der Waals surface area (Å²) in [7, 11) is 2.79. The molecule has 35 heavy (non-hydrogen) atoms. The zero-order valence-corrected chi connectivity index (χ0v) is 21.1. The van der Waals surface area contributed by atoms with Crippen LogP contribution in [0, 0.1) is 11.3 Å². The van der Waals surface area contributed by atoms with E-state index in [0.29, 0.717) is 35.2 Å². The van der Waals surface area contributed by atoms with Crippen LogP contribution in [0.15, 0.2) is 41.2 Å². The number of nitrogens with zero attached hydrogens (tertiary/aromatic N) is 4. The molecule has 0 N–H and O–H groups in total. The number of halogens is 2. The van der Waals surface area contributed by atoms with E-state index < -0.39 is 23.3 Å². The molecule has 3 aliphatic rings. The Morgan fingerprint density at radius 3 is 2.17 bits per heavy atom. The lowest BCUT2D eigenvalue weighted by atomic mass is 9.75. The molecule has 4 heterocycles. The van der Waals surface area contributed by atoms with Gasteiger partial charge in [-0.2, -0.15) is 0 Å². The van der Waals surface area contributed by atoms with Crippen LogP contribution in [0.2, 0.25) is 10.0 Å². The van der Waals surface area contributed by atoms with Gasteiger partial charge >= 0.3 is 6.03 Å². The lowest BCUT2D eigenvalue weighted by molar-refractivity contribution is -0.159. The van der Waals surface area contributed by atoms with Crippen LogP contribution < -0.4 is 5.56 Å². The van der Waals surface area contributed by atoms with E-state index in [9.17, 15) is 19.2 Å². The number of benzene rings is 1. The number of urea groups is 1. The molecule has 184 valence electrons. The Bertz CT molecular complexity index is 1250. The van der Waals surface area contributed by atoms with Gasteiger partial charge in [0.2, 0.25) is 11.8 Å². The monoisotopic (exact) mass is 516 g/mol. The number of rotatable bonds is 4. The molecule has 2 bridgehead atoms. The highest BCUT2D eigenvalue weighted by molar-refractivity contribution is 6.36. The Morgan fingerprint density at radius 1 is 0.886 bits per heavy atom. The van der Waals surface area contributed by atoms with Crippen LogP contribution in [0.1, 0.15) is 23.6 Å². The Balaban J connectivity index is 1.54.